The van der Waals surface area contributed by atoms with Crippen molar-refractivity contribution in [3.05, 3.63) is 81.8 Å². The minimum atomic E-state index is 0.0224. The highest BCUT2D eigenvalue weighted by atomic mass is 35.5. The third kappa shape index (κ3) is 5.52. The normalized spacial score (nSPS) is 10.9. The summed E-state index contributed by atoms with van der Waals surface area (Å²) in [5.41, 5.74) is 2.07. The second-order valence-electron chi connectivity index (χ2n) is 6.86. The number of hydrogen-bond acceptors (Lipinski definition) is 6. The Morgan fingerprint density at radius 2 is 1.87 bits per heavy atom. The Morgan fingerprint density at radius 3 is 2.58 bits per heavy atom. The molecule has 1 aromatic carbocycles. The minimum absolute atomic E-state index is 0.0224. The smallest absolute Gasteiger partial charge is 0.233 e. The molecule has 158 valence electrons. The van der Waals surface area contributed by atoms with Gasteiger partial charge in [-0.05, 0) is 29.8 Å². The van der Waals surface area contributed by atoms with E-state index in [9.17, 15) is 4.79 Å². The molecule has 4 rings (SSSR count). The van der Waals surface area contributed by atoms with Crippen molar-refractivity contribution in [1.29, 1.82) is 0 Å². The molecule has 0 radical (unpaired) electrons. The van der Waals surface area contributed by atoms with Crippen LogP contribution in [0.5, 0.6) is 0 Å². The van der Waals surface area contributed by atoms with Crippen molar-refractivity contribution in [1.82, 2.24) is 24.6 Å². The van der Waals surface area contributed by atoms with Gasteiger partial charge in [-0.1, -0.05) is 53.7 Å². The molecular formula is C22H20ClN5OS2. The van der Waals surface area contributed by atoms with E-state index >= 15 is 0 Å². The summed E-state index contributed by atoms with van der Waals surface area (Å²) in [6.07, 6.45) is 3.47. The molecule has 0 atom stereocenters. The number of rotatable bonds is 8. The van der Waals surface area contributed by atoms with Crippen LogP contribution < -0.4 is 0 Å². The molecule has 0 saturated heterocycles. The molecule has 9 heteroatoms. The van der Waals surface area contributed by atoms with Crippen molar-refractivity contribution in [3.8, 4) is 11.4 Å². The summed E-state index contributed by atoms with van der Waals surface area (Å²) in [4.78, 5) is 19.5. The number of halogens is 1. The first kappa shape index (κ1) is 21.5. The Hall–Kier alpha value is -2.68. The number of thioether (sulfide) groups is 1. The Bertz CT molecular complexity index is 1150. The van der Waals surface area contributed by atoms with E-state index in [0.717, 1.165) is 26.2 Å². The van der Waals surface area contributed by atoms with Gasteiger partial charge in [-0.15, -0.1) is 21.5 Å². The predicted molar refractivity (Wildman–Crippen MR) is 125 cm³/mol. The summed E-state index contributed by atoms with van der Waals surface area (Å²) in [6.45, 7) is 1.15. The number of carbonyl (C=O) groups is 1. The predicted octanol–water partition coefficient (Wildman–Crippen LogP) is 4.85. The van der Waals surface area contributed by atoms with Gasteiger partial charge in [-0.3, -0.25) is 14.3 Å². The van der Waals surface area contributed by atoms with Gasteiger partial charge in [-0.25, -0.2) is 0 Å². The van der Waals surface area contributed by atoms with Crippen LogP contribution in [0.1, 0.15) is 10.4 Å². The summed E-state index contributed by atoms with van der Waals surface area (Å²) in [6, 6.07) is 17.7. The van der Waals surface area contributed by atoms with Crippen LogP contribution in [-0.2, 0) is 17.9 Å². The lowest BCUT2D eigenvalue weighted by molar-refractivity contribution is -0.127. The summed E-state index contributed by atoms with van der Waals surface area (Å²) >= 11 is 8.87. The molecule has 0 fully saturated rings. The largest absolute Gasteiger partial charge is 0.340 e. The monoisotopic (exact) mass is 469 g/mol. The number of benzene rings is 1. The van der Waals surface area contributed by atoms with Gasteiger partial charge in [0.1, 0.15) is 0 Å². The number of aromatic nitrogens is 4. The SMILES string of the molecule is CN(Cc1ccc(Cl)s1)C(=O)CSc1nnc(-c2ccncc2)n1Cc1ccccc1. The van der Waals surface area contributed by atoms with Crippen LogP contribution in [-0.4, -0.2) is 43.4 Å². The van der Waals surface area contributed by atoms with Crippen LogP contribution in [0.25, 0.3) is 11.4 Å². The summed E-state index contributed by atoms with van der Waals surface area (Å²) < 4.78 is 2.77. The second kappa shape index (κ2) is 10.1. The Balaban J connectivity index is 1.50. The van der Waals surface area contributed by atoms with E-state index in [2.05, 4.69) is 27.3 Å². The van der Waals surface area contributed by atoms with Crippen LogP contribution in [0.4, 0.5) is 0 Å². The lowest BCUT2D eigenvalue weighted by Gasteiger charge is -2.16. The fourth-order valence-electron chi connectivity index (χ4n) is 3.01. The van der Waals surface area contributed by atoms with E-state index in [1.54, 1.807) is 24.3 Å². The Labute approximate surface area is 193 Å². The Kier molecular flexibility index (Phi) is 7.01. The maximum absolute atomic E-state index is 12.7. The van der Waals surface area contributed by atoms with Gasteiger partial charge in [0, 0.05) is 29.9 Å². The number of carbonyl (C=O) groups excluding carboxylic acids is 1. The zero-order valence-corrected chi connectivity index (χ0v) is 19.2. The van der Waals surface area contributed by atoms with Crippen molar-refractivity contribution < 1.29 is 4.79 Å². The zero-order valence-electron chi connectivity index (χ0n) is 16.8. The van der Waals surface area contributed by atoms with E-state index in [1.807, 2.05) is 47.0 Å². The molecule has 0 aliphatic heterocycles. The van der Waals surface area contributed by atoms with Crippen LogP contribution >= 0.6 is 34.7 Å². The van der Waals surface area contributed by atoms with Crippen molar-refractivity contribution in [2.75, 3.05) is 12.8 Å². The van der Waals surface area contributed by atoms with Gasteiger partial charge in [0.05, 0.1) is 23.2 Å². The first-order valence-corrected chi connectivity index (χ1v) is 11.8. The number of amides is 1. The number of pyridine rings is 1. The van der Waals surface area contributed by atoms with Crippen LogP contribution in [0.2, 0.25) is 4.34 Å². The van der Waals surface area contributed by atoms with Gasteiger partial charge < -0.3 is 4.90 Å². The van der Waals surface area contributed by atoms with E-state index in [4.69, 9.17) is 11.6 Å². The second-order valence-corrected chi connectivity index (χ2v) is 9.60. The zero-order chi connectivity index (χ0) is 21.6. The first-order chi connectivity index (χ1) is 15.1. The molecule has 0 unspecified atom stereocenters. The van der Waals surface area contributed by atoms with Crippen molar-refractivity contribution >= 4 is 40.6 Å². The quantitative estimate of drug-likeness (QED) is 0.345. The molecule has 0 spiro atoms. The first-order valence-electron chi connectivity index (χ1n) is 9.58. The molecule has 0 bridgehead atoms. The standard InChI is InChI=1S/C22H20ClN5OS2/c1-27(14-18-7-8-19(23)31-18)20(29)15-30-22-26-25-21(17-9-11-24-12-10-17)28(22)13-16-5-3-2-4-6-16/h2-12H,13-15H2,1H3. The molecule has 0 saturated carbocycles. The van der Waals surface area contributed by atoms with Crippen molar-refractivity contribution in [3.63, 3.8) is 0 Å². The van der Waals surface area contributed by atoms with Crippen LogP contribution in [0.15, 0.2) is 72.1 Å². The third-order valence-corrected chi connectivity index (χ3v) is 6.78. The van der Waals surface area contributed by atoms with E-state index < -0.39 is 0 Å². The average Bonchev–Trinajstić information content (AvgIpc) is 3.39. The molecule has 0 aliphatic carbocycles. The molecule has 4 aromatic rings. The van der Waals surface area contributed by atoms with E-state index in [-0.39, 0.29) is 11.7 Å². The summed E-state index contributed by atoms with van der Waals surface area (Å²) in [5, 5.41) is 9.48. The molecule has 3 aromatic heterocycles. The highest BCUT2D eigenvalue weighted by molar-refractivity contribution is 7.99. The maximum atomic E-state index is 12.7. The fraction of sp³-hybridized carbons (Fsp3) is 0.182. The van der Waals surface area contributed by atoms with Gasteiger partial charge in [0.25, 0.3) is 0 Å². The summed E-state index contributed by atoms with van der Waals surface area (Å²) in [5.74, 6) is 1.05. The van der Waals surface area contributed by atoms with Gasteiger partial charge in [0.15, 0.2) is 11.0 Å². The fourth-order valence-corrected chi connectivity index (χ4v) is 5.03. The van der Waals surface area contributed by atoms with Crippen molar-refractivity contribution in [2.45, 2.75) is 18.2 Å². The Morgan fingerprint density at radius 1 is 1.10 bits per heavy atom. The number of nitrogens with zero attached hydrogens (tertiary/aromatic N) is 5. The highest BCUT2D eigenvalue weighted by Crippen LogP contribution is 2.26. The topological polar surface area (TPSA) is 63.9 Å². The molecule has 1 amide bonds. The van der Waals surface area contributed by atoms with E-state index in [0.29, 0.717) is 18.2 Å². The average molecular weight is 470 g/mol. The highest BCUT2D eigenvalue weighted by Gasteiger charge is 2.18. The molecule has 3 heterocycles. The van der Waals surface area contributed by atoms with E-state index in [1.165, 1.54) is 23.1 Å². The third-order valence-electron chi connectivity index (χ3n) is 4.61. The molecule has 0 aliphatic rings. The number of thiophene rings is 1. The van der Waals surface area contributed by atoms with Gasteiger partial charge >= 0.3 is 0 Å². The minimum Gasteiger partial charge on any atom is -0.340 e. The molecule has 31 heavy (non-hydrogen) atoms. The van der Waals surface area contributed by atoms with Crippen LogP contribution in [0, 0.1) is 0 Å². The molecule has 0 N–H and O–H groups in total. The lowest BCUT2D eigenvalue weighted by atomic mass is 10.2. The lowest BCUT2D eigenvalue weighted by Crippen LogP contribution is -2.27. The summed E-state index contributed by atoms with van der Waals surface area (Å²) in [7, 11) is 1.80. The van der Waals surface area contributed by atoms with Crippen molar-refractivity contribution in [2.24, 2.45) is 0 Å². The van der Waals surface area contributed by atoms with Gasteiger partial charge in [-0.2, -0.15) is 0 Å². The van der Waals surface area contributed by atoms with Crippen LogP contribution in [0.3, 0.4) is 0 Å². The van der Waals surface area contributed by atoms with Gasteiger partial charge in [0.2, 0.25) is 5.91 Å². The molecule has 6 nitrogen and oxygen atoms in total. The molecular weight excluding hydrogens is 450 g/mol. The maximum Gasteiger partial charge on any atom is 0.233 e. The number of hydrogen-bond donors (Lipinski definition) is 0.